The van der Waals surface area contributed by atoms with Crippen LogP contribution in [0, 0.1) is 0 Å². The van der Waals surface area contributed by atoms with Gasteiger partial charge < -0.3 is 20.4 Å². The Morgan fingerprint density at radius 3 is 2.38 bits per heavy atom. The van der Waals surface area contributed by atoms with Crippen LogP contribution in [0.15, 0.2) is 12.7 Å². The number of likely N-dealkylation sites (N-methyl/N-ethyl adjacent to an activating group) is 1. The number of hydrogen-bond acceptors (Lipinski definition) is 3. The van der Waals surface area contributed by atoms with E-state index < -0.39 is 30.4 Å². The fraction of sp³-hybridized carbons (Fsp3) is 0.444. The third kappa shape index (κ3) is 4.99. The summed E-state index contributed by atoms with van der Waals surface area (Å²) in [6.07, 6.45) is 0.801. The van der Waals surface area contributed by atoms with Crippen LogP contribution in [-0.2, 0) is 9.59 Å². The van der Waals surface area contributed by atoms with E-state index in [4.69, 9.17) is 10.2 Å². The average molecular weight is 230 g/mol. The summed E-state index contributed by atoms with van der Waals surface area (Å²) in [5.74, 6) is -2.68. The third-order valence-corrected chi connectivity index (χ3v) is 1.72. The lowest BCUT2D eigenvalue weighted by Crippen LogP contribution is -2.47. The lowest BCUT2D eigenvalue weighted by atomic mass is 10.2. The van der Waals surface area contributed by atoms with Crippen LogP contribution in [0.2, 0.25) is 0 Å². The van der Waals surface area contributed by atoms with Crippen molar-refractivity contribution in [2.45, 2.75) is 12.5 Å². The van der Waals surface area contributed by atoms with E-state index in [0.29, 0.717) is 0 Å². The molecule has 0 aromatic carbocycles. The van der Waals surface area contributed by atoms with Crippen LogP contribution in [0.1, 0.15) is 6.42 Å². The van der Waals surface area contributed by atoms with Crippen molar-refractivity contribution >= 4 is 18.0 Å². The van der Waals surface area contributed by atoms with Crippen molar-refractivity contribution < 1.29 is 24.6 Å². The molecule has 1 atom stereocenters. The third-order valence-electron chi connectivity index (χ3n) is 1.72. The summed E-state index contributed by atoms with van der Waals surface area (Å²) in [5.41, 5.74) is 0. The first-order valence-corrected chi connectivity index (χ1v) is 4.45. The molecule has 0 bridgehead atoms. The number of urea groups is 1. The summed E-state index contributed by atoms with van der Waals surface area (Å²) in [5, 5.41) is 19.2. The molecular weight excluding hydrogens is 216 g/mol. The molecule has 0 rings (SSSR count). The van der Waals surface area contributed by atoms with Crippen molar-refractivity contribution in [3.8, 4) is 0 Å². The Bertz CT molecular complexity index is 302. The summed E-state index contributed by atoms with van der Waals surface area (Å²) in [6, 6.07) is -2.09. The van der Waals surface area contributed by atoms with E-state index >= 15 is 0 Å². The number of carboxylic acid groups (broad SMARTS) is 2. The Hall–Kier alpha value is -2.05. The molecule has 0 fully saturated rings. The van der Waals surface area contributed by atoms with Crippen LogP contribution in [0.5, 0.6) is 0 Å². The van der Waals surface area contributed by atoms with Gasteiger partial charge in [0.05, 0.1) is 6.42 Å². The first-order valence-electron chi connectivity index (χ1n) is 4.45. The van der Waals surface area contributed by atoms with Gasteiger partial charge in [0.1, 0.15) is 6.04 Å². The van der Waals surface area contributed by atoms with Gasteiger partial charge in [0.2, 0.25) is 0 Å². The van der Waals surface area contributed by atoms with Crippen molar-refractivity contribution in [2.24, 2.45) is 0 Å². The molecule has 0 heterocycles. The number of carbonyl (C=O) groups is 3. The van der Waals surface area contributed by atoms with Crippen molar-refractivity contribution in [2.75, 3.05) is 13.6 Å². The second-order valence-corrected chi connectivity index (χ2v) is 3.11. The zero-order chi connectivity index (χ0) is 12.7. The van der Waals surface area contributed by atoms with Crippen molar-refractivity contribution in [3.05, 3.63) is 12.7 Å². The van der Waals surface area contributed by atoms with Gasteiger partial charge in [0, 0.05) is 13.6 Å². The molecule has 0 saturated heterocycles. The largest absolute Gasteiger partial charge is 0.481 e. The molecule has 0 unspecified atom stereocenters. The maximum Gasteiger partial charge on any atom is 0.326 e. The standard InChI is InChI=1S/C9H14N2O5/c1-3-4-11(2)9(16)10-6(8(14)15)5-7(12)13/h3,6H,1,4-5H2,2H3,(H,10,16)(H,12,13)(H,14,15)/t6-/m0/s1. The molecule has 7 heteroatoms. The van der Waals surface area contributed by atoms with Gasteiger partial charge in [-0.25, -0.2) is 9.59 Å². The Kier molecular flexibility index (Phi) is 5.61. The minimum atomic E-state index is -1.43. The quantitative estimate of drug-likeness (QED) is 0.545. The molecule has 0 aliphatic heterocycles. The van der Waals surface area contributed by atoms with E-state index in [1.165, 1.54) is 18.0 Å². The van der Waals surface area contributed by atoms with Gasteiger partial charge in [-0.2, -0.15) is 0 Å². The number of hydrogen-bond donors (Lipinski definition) is 3. The van der Waals surface area contributed by atoms with Crippen molar-refractivity contribution in [1.29, 1.82) is 0 Å². The minimum Gasteiger partial charge on any atom is -0.481 e. The molecule has 2 amide bonds. The summed E-state index contributed by atoms with van der Waals surface area (Å²) >= 11 is 0. The highest BCUT2D eigenvalue weighted by molar-refractivity contribution is 5.86. The number of carboxylic acids is 2. The SMILES string of the molecule is C=CCN(C)C(=O)N[C@@H](CC(=O)O)C(=O)O. The molecule has 0 spiro atoms. The lowest BCUT2D eigenvalue weighted by Gasteiger charge is -2.19. The normalized spacial score (nSPS) is 11.3. The number of aliphatic carboxylic acids is 2. The number of amides is 2. The second-order valence-electron chi connectivity index (χ2n) is 3.11. The molecular formula is C9H14N2O5. The minimum absolute atomic E-state index is 0.241. The predicted molar refractivity (Wildman–Crippen MR) is 55.0 cm³/mol. The van der Waals surface area contributed by atoms with E-state index in [1.54, 1.807) is 0 Å². The van der Waals surface area contributed by atoms with Crippen molar-refractivity contribution in [1.82, 2.24) is 10.2 Å². The fourth-order valence-corrected chi connectivity index (χ4v) is 0.911. The maximum absolute atomic E-state index is 11.3. The Morgan fingerprint density at radius 1 is 1.44 bits per heavy atom. The van der Waals surface area contributed by atoms with Gasteiger partial charge >= 0.3 is 18.0 Å². The second kappa shape index (κ2) is 6.44. The Morgan fingerprint density at radius 2 is 2.00 bits per heavy atom. The summed E-state index contributed by atoms with van der Waals surface area (Å²) in [4.78, 5) is 33.5. The number of rotatable bonds is 6. The lowest BCUT2D eigenvalue weighted by molar-refractivity contribution is -0.145. The van der Waals surface area contributed by atoms with Gasteiger partial charge in [0.25, 0.3) is 0 Å². The molecule has 0 radical (unpaired) electrons. The molecule has 7 nitrogen and oxygen atoms in total. The molecule has 90 valence electrons. The first-order chi connectivity index (χ1) is 7.38. The number of carbonyl (C=O) groups excluding carboxylic acids is 1. The highest BCUT2D eigenvalue weighted by atomic mass is 16.4. The molecule has 0 aliphatic carbocycles. The molecule has 3 N–H and O–H groups in total. The Labute approximate surface area is 92.4 Å². The highest BCUT2D eigenvalue weighted by Crippen LogP contribution is 1.95. The summed E-state index contributed by atoms with van der Waals surface area (Å²) in [7, 11) is 1.44. The monoisotopic (exact) mass is 230 g/mol. The van der Waals surface area contributed by atoms with Crippen molar-refractivity contribution in [3.63, 3.8) is 0 Å². The molecule has 0 aliphatic rings. The average Bonchev–Trinajstić information content (AvgIpc) is 2.16. The topological polar surface area (TPSA) is 107 Å². The van der Waals surface area contributed by atoms with Crippen LogP contribution in [0.3, 0.4) is 0 Å². The van der Waals surface area contributed by atoms with E-state index in [2.05, 4.69) is 11.9 Å². The Balaban J connectivity index is 4.39. The molecule has 0 aromatic heterocycles. The predicted octanol–water partition coefficient (Wildman–Crippen LogP) is -0.258. The van der Waals surface area contributed by atoms with E-state index in [0.717, 1.165) is 0 Å². The first kappa shape index (κ1) is 13.9. The molecule has 0 aromatic rings. The van der Waals surface area contributed by atoms with Crippen LogP contribution in [-0.4, -0.2) is 52.7 Å². The van der Waals surface area contributed by atoms with Gasteiger partial charge in [-0.3, -0.25) is 4.79 Å². The van der Waals surface area contributed by atoms with Crippen LogP contribution in [0.4, 0.5) is 4.79 Å². The maximum atomic E-state index is 11.3. The molecule has 0 saturated carbocycles. The molecule has 16 heavy (non-hydrogen) atoms. The fourth-order valence-electron chi connectivity index (χ4n) is 0.911. The number of nitrogens with zero attached hydrogens (tertiary/aromatic N) is 1. The number of nitrogens with one attached hydrogen (secondary N) is 1. The van der Waals surface area contributed by atoms with Crippen LogP contribution >= 0.6 is 0 Å². The van der Waals surface area contributed by atoms with E-state index in [9.17, 15) is 14.4 Å². The zero-order valence-electron chi connectivity index (χ0n) is 8.84. The zero-order valence-corrected chi connectivity index (χ0v) is 8.84. The van der Waals surface area contributed by atoms with Gasteiger partial charge in [-0.1, -0.05) is 6.08 Å². The van der Waals surface area contributed by atoms with Crippen LogP contribution < -0.4 is 5.32 Å². The van der Waals surface area contributed by atoms with Gasteiger partial charge in [-0.15, -0.1) is 6.58 Å². The van der Waals surface area contributed by atoms with E-state index in [1.807, 2.05) is 0 Å². The summed E-state index contributed by atoms with van der Waals surface area (Å²) < 4.78 is 0. The smallest absolute Gasteiger partial charge is 0.326 e. The van der Waals surface area contributed by atoms with E-state index in [-0.39, 0.29) is 6.54 Å². The van der Waals surface area contributed by atoms with Gasteiger partial charge in [-0.05, 0) is 0 Å². The summed E-state index contributed by atoms with van der Waals surface area (Å²) in [6.45, 7) is 3.65. The van der Waals surface area contributed by atoms with Gasteiger partial charge in [0.15, 0.2) is 0 Å². The van der Waals surface area contributed by atoms with Crippen LogP contribution in [0.25, 0.3) is 0 Å². The highest BCUT2D eigenvalue weighted by Gasteiger charge is 2.23.